The van der Waals surface area contributed by atoms with Gasteiger partial charge in [-0.25, -0.2) is 4.57 Å². The summed E-state index contributed by atoms with van der Waals surface area (Å²) in [4.78, 5) is 0. The van der Waals surface area contributed by atoms with Crippen LogP contribution in [-0.4, -0.2) is 27.9 Å². The van der Waals surface area contributed by atoms with E-state index in [1.165, 1.54) is 0 Å². The molecule has 2 aromatic carbocycles. The third-order valence-corrected chi connectivity index (χ3v) is 6.30. The van der Waals surface area contributed by atoms with Gasteiger partial charge in [0.05, 0.1) is 25.7 Å². The Kier molecular flexibility index (Phi) is 7.85. The smallest absolute Gasteiger partial charge is 0.287 e. The van der Waals surface area contributed by atoms with Crippen molar-refractivity contribution in [2.75, 3.05) is 19.8 Å². The molecule has 2 aromatic rings. The van der Waals surface area contributed by atoms with Crippen molar-refractivity contribution < 1.29 is 18.1 Å². The number of phosphoric acid groups is 1. The Labute approximate surface area is 163 Å². The van der Waals surface area contributed by atoms with E-state index in [4.69, 9.17) is 13.6 Å². The van der Waals surface area contributed by atoms with Gasteiger partial charge >= 0.3 is 7.82 Å². The number of rotatable bonds is 8. The molecule has 1 unspecified atom stereocenters. The molecule has 0 fully saturated rings. The first kappa shape index (κ1) is 21.9. The second-order valence-electron chi connectivity index (χ2n) is 7.22. The lowest BCUT2D eigenvalue weighted by Crippen LogP contribution is -2.17. The summed E-state index contributed by atoms with van der Waals surface area (Å²) in [5.41, 5.74) is 4.49. The monoisotopic (exact) mass is 404 g/mol. The standard InChI is InChI=1S/C21H29O4PSi/c1-6-23-26(22,24-7-2)25-17-19(15-16-27(3,4)5)21-14-10-12-18-11-8-9-13-20(18)21/h8-14,19H,6-7,17H2,1-5H3. The maximum Gasteiger partial charge on any atom is 0.474 e. The van der Waals surface area contributed by atoms with E-state index in [0.717, 1.165) is 16.3 Å². The first-order chi connectivity index (χ1) is 12.8. The van der Waals surface area contributed by atoms with E-state index in [0.29, 0.717) is 0 Å². The number of hydrogen-bond donors (Lipinski definition) is 0. The summed E-state index contributed by atoms with van der Waals surface area (Å²) in [6.07, 6.45) is 0. The number of fused-ring (bicyclic) bond motifs is 1. The van der Waals surface area contributed by atoms with Crippen molar-refractivity contribution in [2.45, 2.75) is 39.4 Å². The first-order valence-electron chi connectivity index (χ1n) is 9.32. The molecule has 0 aliphatic heterocycles. The molecular formula is C21H29O4PSi. The van der Waals surface area contributed by atoms with E-state index in [1.54, 1.807) is 13.8 Å². The normalized spacial score (nSPS) is 13.2. The van der Waals surface area contributed by atoms with Gasteiger partial charge in [0.15, 0.2) is 0 Å². The third-order valence-electron chi connectivity index (χ3n) is 3.79. The molecule has 0 heterocycles. The predicted molar refractivity (Wildman–Crippen MR) is 115 cm³/mol. The van der Waals surface area contributed by atoms with Crippen LogP contribution in [-0.2, 0) is 18.1 Å². The number of phosphoric ester groups is 1. The van der Waals surface area contributed by atoms with Crippen LogP contribution in [0.15, 0.2) is 42.5 Å². The largest absolute Gasteiger partial charge is 0.474 e. The molecule has 6 heteroatoms. The Balaban J connectivity index is 2.39. The molecule has 146 valence electrons. The van der Waals surface area contributed by atoms with E-state index < -0.39 is 15.9 Å². The van der Waals surface area contributed by atoms with E-state index in [2.05, 4.69) is 55.4 Å². The Morgan fingerprint density at radius 3 is 2.22 bits per heavy atom. The molecule has 4 nitrogen and oxygen atoms in total. The second kappa shape index (κ2) is 9.68. The Morgan fingerprint density at radius 1 is 0.963 bits per heavy atom. The maximum absolute atomic E-state index is 12.7. The summed E-state index contributed by atoms with van der Waals surface area (Å²) in [5, 5.41) is 2.27. The molecule has 0 aliphatic rings. The van der Waals surface area contributed by atoms with E-state index in [9.17, 15) is 4.57 Å². The Morgan fingerprint density at radius 2 is 1.59 bits per heavy atom. The van der Waals surface area contributed by atoms with Crippen molar-refractivity contribution in [2.24, 2.45) is 0 Å². The second-order valence-corrected chi connectivity index (χ2v) is 13.6. The molecular weight excluding hydrogens is 375 g/mol. The molecule has 0 saturated heterocycles. The highest BCUT2D eigenvalue weighted by Gasteiger charge is 2.27. The van der Waals surface area contributed by atoms with Gasteiger partial charge in [0.2, 0.25) is 0 Å². The van der Waals surface area contributed by atoms with E-state index >= 15 is 0 Å². The zero-order valence-corrected chi connectivity index (χ0v) is 18.7. The lowest BCUT2D eigenvalue weighted by Gasteiger charge is -2.20. The molecule has 2 rings (SSSR count). The van der Waals surface area contributed by atoms with Gasteiger partial charge in [-0.2, -0.15) is 0 Å². The van der Waals surface area contributed by atoms with Gasteiger partial charge in [-0.3, -0.25) is 13.6 Å². The molecule has 27 heavy (non-hydrogen) atoms. The summed E-state index contributed by atoms with van der Waals surface area (Å²) < 4.78 is 28.9. The van der Waals surface area contributed by atoms with Crippen molar-refractivity contribution in [3.05, 3.63) is 48.0 Å². The van der Waals surface area contributed by atoms with Gasteiger partial charge in [-0.1, -0.05) is 68.0 Å². The molecule has 0 N–H and O–H groups in total. The predicted octanol–water partition coefficient (Wildman–Crippen LogP) is 6.00. The van der Waals surface area contributed by atoms with Crippen LogP contribution in [0.1, 0.15) is 25.3 Å². The summed E-state index contributed by atoms with van der Waals surface area (Å²) in [6, 6.07) is 14.3. The number of hydrogen-bond acceptors (Lipinski definition) is 4. The first-order valence-corrected chi connectivity index (χ1v) is 14.3. The van der Waals surface area contributed by atoms with Crippen LogP contribution in [0.25, 0.3) is 10.8 Å². The van der Waals surface area contributed by atoms with Crippen LogP contribution >= 0.6 is 7.82 Å². The van der Waals surface area contributed by atoms with E-state index in [1.807, 2.05) is 18.2 Å². The van der Waals surface area contributed by atoms with Gasteiger partial charge in [0.25, 0.3) is 0 Å². The molecule has 0 saturated carbocycles. The highest BCUT2D eigenvalue weighted by Crippen LogP contribution is 2.50. The fourth-order valence-corrected chi connectivity index (χ4v) is 4.46. The zero-order valence-electron chi connectivity index (χ0n) is 16.8. The van der Waals surface area contributed by atoms with Gasteiger partial charge in [0.1, 0.15) is 8.07 Å². The topological polar surface area (TPSA) is 44.8 Å². The fourth-order valence-electron chi connectivity index (χ4n) is 2.66. The summed E-state index contributed by atoms with van der Waals surface area (Å²) in [6.45, 7) is 10.8. The van der Waals surface area contributed by atoms with Gasteiger partial charge in [0, 0.05) is 0 Å². The van der Waals surface area contributed by atoms with Gasteiger partial charge < -0.3 is 0 Å². The molecule has 0 spiro atoms. The van der Waals surface area contributed by atoms with Crippen LogP contribution in [0, 0.1) is 11.5 Å². The minimum absolute atomic E-state index is 0.156. The van der Waals surface area contributed by atoms with Gasteiger partial charge in [-0.15, -0.1) is 5.54 Å². The SMILES string of the molecule is CCOP(=O)(OCC)OCC(C#C[Si](C)(C)C)c1cccc2ccccc12. The summed E-state index contributed by atoms with van der Waals surface area (Å²) >= 11 is 0. The summed E-state index contributed by atoms with van der Waals surface area (Å²) in [7, 11) is -5.15. The van der Waals surface area contributed by atoms with Gasteiger partial charge in [-0.05, 0) is 30.2 Å². The summed E-state index contributed by atoms with van der Waals surface area (Å²) in [5.74, 6) is 3.17. The molecule has 0 bridgehead atoms. The minimum Gasteiger partial charge on any atom is -0.287 e. The zero-order chi connectivity index (χ0) is 19.9. The Bertz CT molecular complexity index is 848. The lowest BCUT2D eigenvalue weighted by molar-refractivity contribution is 0.120. The average molecular weight is 405 g/mol. The van der Waals surface area contributed by atoms with Crippen molar-refractivity contribution in [1.29, 1.82) is 0 Å². The minimum atomic E-state index is -3.57. The van der Waals surface area contributed by atoms with Crippen molar-refractivity contribution in [3.8, 4) is 11.5 Å². The highest BCUT2D eigenvalue weighted by molar-refractivity contribution is 7.48. The molecule has 0 aromatic heterocycles. The van der Waals surface area contributed by atoms with Crippen LogP contribution in [0.5, 0.6) is 0 Å². The van der Waals surface area contributed by atoms with Crippen molar-refractivity contribution in [3.63, 3.8) is 0 Å². The fraction of sp³-hybridized carbons (Fsp3) is 0.429. The molecule has 0 radical (unpaired) electrons. The van der Waals surface area contributed by atoms with Crippen LogP contribution in [0.4, 0.5) is 0 Å². The maximum atomic E-state index is 12.7. The third kappa shape index (κ3) is 6.60. The molecule has 0 amide bonds. The highest BCUT2D eigenvalue weighted by atomic mass is 31.2. The number of benzene rings is 2. The van der Waals surface area contributed by atoms with Crippen LogP contribution in [0.3, 0.4) is 0 Å². The lowest BCUT2D eigenvalue weighted by atomic mass is 9.95. The van der Waals surface area contributed by atoms with E-state index in [-0.39, 0.29) is 25.7 Å². The van der Waals surface area contributed by atoms with Crippen molar-refractivity contribution >= 4 is 26.7 Å². The quantitative estimate of drug-likeness (QED) is 0.307. The van der Waals surface area contributed by atoms with Crippen molar-refractivity contribution in [1.82, 2.24) is 0 Å². The van der Waals surface area contributed by atoms with Crippen LogP contribution < -0.4 is 0 Å². The van der Waals surface area contributed by atoms with Crippen LogP contribution in [0.2, 0.25) is 19.6 Å². The Hall–Kier alpha value is -1.41. The molecule has 0 aliphatic carbocycles. The molecule has 1 atom stereocenters. The average Bonchev–Trinajstić information content (AvgIpc) is 2.61.